The number of hydrogen-bond acceptors (Lipinski definition) is 4. The molecule has 0 atom stereocenters. The first-order valence-electron chi connectivity index (χ1n) is 8.88. The largest absolute Gasteiger partial charge is 0.417 e. The first kappa shape index (κ1) is 21.8. The van der Waals surface area contributed by atoms with Crippen LogP contribution in [0.2, 0.25) is 23.3 Å². The van der Waals surface area contributed by atoms with Gasteiger partial charge in [0.15, 0.2) is 8.32 Å². The van der Waals surface area contributed by atoms with Gasteiger partial charge in [-0.2, -0.15) is 13.9 Å². The molecule has 9 heteroatoms. The zero-order valence-electron chi connectivity index (χ0n) is 16.4. The Labute approximate surface area is 165 Å². The maximum Gasteiger partial charge on any atom is 0.333 e. The Morgan fingerprint density at radius 1 is 1.33 bits per heavy atom. The van der Waals surface area contributed by atoms with Crippen LogP contribution in [0.5, 0.6) is 0 Å². The predicted molar refractivity (Wildman–Crippen MR) is 108 cm³/mol. The van der Waals surface area contributed by atoms with Gasteiger partial charge in [0.25, 0.3) is 0 Å². The van der Waals surface area contributed by atoms with Gasteiger partial charge in [0.2, 0.25) is 0 Å². The molecule has 5 nitrogen and oxygen atoms in total. The van der Waals surface area contributed by atoms with Crippen molar-refractivity contribution < 1.29 is 13.2 Å². The van der Waals surface area contributed by atoms with Gasteiger partial charge in [-0.15, -0.1) is 0 Å². The van der Waals surface area contributed by atoms with Gasteiger partial charge in [0.1, 0.15) is 5.15 Å². The number of hydrogen-bond donors (Lipinski definition) is 1. The van der Waals surface area contributed by atoms with Gasteiger partial charge in [-0.3, -0.25) is 0 Å². The Balaban J connectivity index is 1.99. The van der Waals surface area contributed by atoms with Crippen molar-refractivity contribution in [3.63, 3.8) is 0 Å². The molecule has 0 saturated carbocycles. The van der Waals surface area contributed by atoms with Crippen LogP contribution in [-0.2, 0) is 4.43 Å². The van der Waals surface area contributed by atoms with E-state index in [1.807, 2.05) is 0 Å². The Bertz CT molecular complexity index is 762. The number of nitrogens with one attached hydrogen (secondary N) is 1. The lowest BCUT2D eigenvalue weighted by molar-refractivity contribution is 0.0568. The summed E-state index contributed by atoms with van der Waals surface area (Å²) in [5, 5.41) is 7.69. The molecule has 0 fully saturated rings. The van der Waals surface area contributed by atoms with E-state index in [2.05, 4.69) is 49.3 Å². The zero-order chi connectivity index (χ0) is 20.2. The zero-order valence-corrected chi connectivity index (χ0v) is 18.1. The summed E-state index contributed by atoms with van der Waals surface area (Å²) in [7, 11) is -1.76. The second-order valence-electron chi connectivity index (χ2n) is 7.90. The van der Waals surface area contributed by atoms with Crippen molar-refractivity contribution in [3.8, 4) is 11.3 Å². The average Bonchev–Trinajstić information content (AvgIpc) is 3.03. The van der Waals surface area contributed by atoms with Gasteiger partial charge in [0, 0.05) is 36.8 Å². The second kappa shape index (κ2) is 8.66. The summed E-state index contributed by atoms with van der Waals surface area (Å²) in [6, 6.07) is 3.20. The molecule has 0 saturated heterocycles. The fourth-order valence-electron chi connectivity index (χ4n) is 2.21. The lowest BCUT2D eigenvalue weighted by Crippen LogP contribution is -2.41. The minimum atomic E-state index is -2.68. The highest BCUT2D eigenvalue weighted by molar-refractivity contribution is 6.74. The van der Waals surface area contributed by atoms with E-state index in [1.54, 1.807) is 6.07 Å². The summed E-state index contributed by atoms with van der Waals surface area (Å²) in [6.07, 6.45) is 3.59. The molecule has 2 aromatic heterocycles. The van der Waals surface area contributed by atoms with Crippen LogP contribution in [0.4, 0.5) is 14.5 Å². The van der Waals surface area contributed by atoms with E-state index in [0.717, 1.165) is 6.42 Å². The molecule has 0 spiro atoms. The summed E-state index contributed by atoms with van der Waals surface area (Å²) in [5.74, 6) is 0. The SMILES string of the molecule is CC(C)(C)[Si](C)(C)OCCCNc1cc(Cl)ncc1-c1ccn(C(F)F)n1. The van der Waals surface area contributed by atoms with Gasteiger partial charge >= 0.3 is 6.55 Å². The smallest absolute Gasteiger partial charge is 0.333 e. The van der Waals surface area contributed by atoms with Gasteiger partial charge in [-0.1, -0.05) is 32.4 Å². The van der Waals surface area contributed by atoms with E-state index in [-0.39, 0.29) is 5.04 Å². The lowest BCUT2D eigenvalue weighted by Gasteiger charge is -2.36. The second-order valence-corrected chi connectivity index (χ2v) is 13.1. The number of rotatable bonds is 8. The molecule has 150 valence electrons. The van der Waals surface area contributed by atoms with Crippen LogP contribution < -0.4 is 5.32 Å². The Hall–Kier alpha value is -1.51. The molecule has 0 aromatic carbocycles. The van der Waals surface area contributed by atoms with Crippen LogP contribution in [0.15, 0.2) is 24.5 Å². The van der Waals surface area contributed by atoms with Crippen LogP contribution in [-0.4, -0.2) is 36.2 Å². The minimum Gasteiger partial charge on any atom is -0.417 e. The van der Waals surface area contributed by atoms with Crippen molar-refractivity contribution in [1.82, 2.24) is 14.8 Å². The number of aromatic nitrogens is 3. The van der Waals surface area contributed by atoms with E-state index in [9.17, 15) is 8.78 Å². The number of pyridine rings is 1. The number of halogens is 3. The Morgan fingerprint density at radius 2 is 2.04 bits per heavy atom. The van der Waals surface area contributed by atoms with E-state index in [4.69, 9.17) is 16.0 Å². The molecule has 1 N–H and O–H groups in total. The van der Waals surface area contributed by atoms with Crippen LogP contribution >= 0.6 is 11.6 Å². The van der Waals surface area contributed by atoms with Gasteiger partial charge in [-0.05, 0) is 36.7 Å². The molecule has 0 aliphatic rings. The van der Waals surface area contributed by atoms with E-state index in [0.29, 0.717) is 39.9 Å². The van der Waals surface area contributed by atoms with Crippen LogP contribution in [0.3, 0.4) is 0 Å². The number of anilines is 1. The molecule has 27 heavy (non-hydrogen) atoms. The molecule has 0 aliphatic carbocycles. The first-order chi connectivity index (χ1) is 12.5. The first-order valence-corrected chi connectivity index (χ1v) is 12.2. The molecule has 0 radical (unpaired) electrons. The van der Waals surface area contributed by atoms with E-state index < -0.39 is 14.9 Å². The third kappa shape index (κ3) is 5.73. The molecule has 0 amide bonds. The summed E-state index contributed by atoms with van der Waals surface area (Å²) < 4.78 is 32.3. The summed E-state index contributed by atoms with van der Waals surface area (Å²) >= 11 is 5.99. The molecule has 2 heterocycles. The van der Waals surface area contributed by atoms with Crippen LogP contribution in [0.1, 0.15) is 33.7 Å². The molecule has 0 unspecified atom stereocenters. The highest BCUT2D eigenvalue weighted by Crippen LogP contribution is 2.36. The van der Waals surface area contributed by atoms with Crippen molar-refractivity contribution in [3.05, 3.63) is 29.7 Å². The molecule has 0 bridgehead atoms. The van der Waals surface area contributed by atoms with Crippen molar-refractivity contribution >= 4 is 25.6 Å². The highest BCUT2D eigenvalue weighted by atomic mass is 35.5. The van der Waals surface area contributed by atoms with E-state index >= 15 is 0 Å². The highest BCUT2D eigenvalue weighted by Gasteiger charge is 2.36. The third-order valence-corrected chi connectivity index (χ3v) is 9.61. The standard InChI is InChI=1S/C18H27ClF2N4OSi/c1-18(2,3)27(4,5)26-10-6-8-22-15-11-16(19)23-12-13(15)14-7-9-25(24-14)17(20)21/h7,9,11-12,17H,6,8,10H2,1-5H3,(H,22,23). The van der Waals surface area contributed by atoms with Crippen molar-refractivity contribution in [2.45, 2.75) is 51.9 Å². The monoisotopic (exact) mass is 416 g/mol. The van der Waals surface area contributed by atoms with Crippen LogP contribution in [0.25, 0.3) is 11.3 Å². The van der Waals surface area contributed by atoms with Crippen LogP contribution in [0, 0.1) is 0 Å². The molecular weight excluding hydrogens is 390 g/mol. The molecule has 0 aliphatic heterocycles. The van der Waals surface area contributed by atoms with Crippen molar-refractivity contribution in [2.75, 3.05) is 18.5 Å². The fraction of sp³-hybridized carbons (Fsp3) is 0.556. The molecule has 2 rings (SSSR count). The topological polar surface area (TPSA) is 52.0 Å². The third-order valence-electron chi connectivity index (χ3n) is 4.86. The minimum absolute atomic E-state index is 0.176. The quantitative estimate of drug-likeness (QED) is 0.334. The number of alkyl halides is 2. The maximum absolute atomic E-state index is 12.8. The predicted octanol–water partition coefficient (Wildman–Crippen LogP) is 5.82. The van der Waals surface area contributed by atoms with Crippen molar-refractivity contribution in [2.24, 2.45) is 0 Å². The average molecular weight is 417 g/mol. The maximum atomic E-state index is 12.8. The van der Waals surface area contributed by atoms with Gasteiger partial charge in [-0.25, -0.2) is 9.67 Å². The van der Waals surface area contributed by atoms with E-state index in [1.165, 1.54) is 18.5 Å². The summed E-state index contributed by atoms with van der Waals surface area (Å²) in [6.45, 7) is 9.72. The van der Waals surface area contributed by atoms with Gasteiger partial charge in [0.05, 0.1) is 5.69 Å². The fourth-order valence-corrected chi connectivity index (χ4v) is 3.46. The lowest BCUT2D eigenvalue weighted by atomic mass is 10.1. The van der Waals surface area contributed by atoms with Gasteiger partial charge < -0.3 is 9.74 Å². The summed E-state index contributed by atoms with van der Waals surface area (Å²) in [4.78, 5) is 4.04. The Kier molecular flexibility index (Phi) is 6.99. The van der Waals surface area contributed by atoms with Crippen molar-refractivity contribution in [1.29, 1.82) is 0 Å². The number of nitrogens with zero attached hydrogens (tertiary/aromatic N) is 3. The molecular formula is C18H27ClF2N4OSi. The summed E-state index contributed by atoms with van der Waals surface area (Å²) in [5.41, 5.74) is 1.76. The molecule has 2 aromatic rings. The Morgan fingerprint density at radius 3 is 2.63 bits per heavy atom. The normalized spacial score (nSPS) is 12.6.